The number of fused-ring (bicyclic) bond motifs is 1. The Labute approximate surface area is 98.0 Å². The van der Waals surface area contributed by atoms with Gasteiger partial charge in [-0.3, -0.25) is 0 Å². The Morgan fingerprint density at radius 1 is 1.35 bits per heavy atom. The highest BCUT2D eigenvalue weighted by atomic mass is 32.2. The highest BCUT2D eigenvalue weighted by Gasteiger charge is 2.37. The highest BCUT2D eigenvalue weighted by Crippen LogP contribution is 2.28. The Balaban J connectivity index is 2.46. The first kappa shape index (κ1) is 12.2. The summed E-state index contributed by atoms with van der Waals surface area (Å²) in [7, 11) is -4.44. The van der Waals surface area contributed by atoms with Crippen LogP contribution in [0.3, 0.4) is 0 Å². The van der Waals surface area contributed by atoms with Crippen LogP contribution in [0.5, 0.6) is 0 Å². The molecule has 0 spiro atoms. The molecule has 0 saturated carbocycles. The lowest BCUT2D eigenvalue weighted by Gasteiger charge is -2.04. The number of pyridine rings is 1. The van der Waals surface area contributed by atoms with Gasteiger partial charge in [0.1, 0.15) is 0 Å². The monoisotopic (exact) mass is 282 g/mol. The number of hydrogen-bond donors (Lipinski definition) is 0. The maximum absolute atomic E-state index is 12.1. The van der Waals surface area contributed by atoms with Gasteiger partial charge in [0, 0.05) is 6.20 Å². The summed E-state index contributed by atoms with van der Waals surface area (Å²) in [6.45, 7) is 0. The third kappa shape index (κ3) is 2.72. The molecule has 92 valence electrons. The van der Waals surface area contributed by atoms with Crippen LogP contribution in [0.4, 0.5) is 13.2 Å². The lowest BCUT2D eigenvalue weighted by atomic mass is 10.5. The van der Waals surface area contributed by atoms with E-state index in [1.54, 1.807) is 12.1 Å². The third-order valence-electron chi connectivity index (χ3n) is 1.77. The summed E-state index contributed by atoms with van der Waals surface area (Å²) in [4.78, 5) is 7.35. The molecular formula is C8H5F3N2O2S2. The van der Waals surface area contributed by atoms with Gasteiger partial charge in [-0.25, -0.2) is 18.4 Å². The average Bonchev–Trinajstić information content (AvgIpc) is 2.57. The van der Waals surface area contributed by atoms with Gasteiger partial charge in [0.25, 0.3) is 0 Å². The molecule has 0 amide bonds. The first-order valence-corrected chi connectivity index (χ1v) is 6.76. The van der Waals surface area contributed by atoms with Gasteiger partial charge in [-0.15, -0.1) is 11.3 Å². The largest absolute Gasteiger partial charge is 0.403 e. The van der Waals surface area contributed by atoms with Crippen molar-refractivity contribution in [2.75, 3.05) is 5.75 Å². The van der Waals surface area contributed by atoms with Crippen molar-refractivity contribution in [3.05, 3.63) is 18.3 Å². The first-order chi connectivity index (χ1) is 7.78. The zero-order valence-corrected chi connectivity index (χ0v) is 9.73. The van der Waals surface area contributed by atoms with Crippen LogP contribution in [-0.2, 0) is 9.84 Å². The van der Waals surface area contributed by atoms with Crippen molar-refractivity contribution in [3.63, 3.8) is 0 Å². The molecule has 17 heavy (non-hydrogen) atoms. The Kier molecular flexibility index (Phi) is 2.82. The van der Waals surface area contributed by atoms with E-state index in [1.165, 1.54) is 6.20 Å². The van der Waals surface area contributed by atoms with E-state index in [1.807, 2.05) is 0 Å². The van der Waals surface area contributed by atoms with E-state index >= 15 is 0 Å². The summed E-state index contributed by atoms with van der Waals surface area (Å²) in [6.07, 6.45) is -3.38. The van der Waals surface area contributed by atoms with Crippen LogP contribution < -0.4 is 0 Å². The lowest BCUT2D eigenvalue weighted by Crippen LogP contribution is -2.22. The molecule has 0 saturated heterocycles. The molecule has 0 aliphatic carbocycles. The van der Waals surface area contributed by atoms with Crippen molar-refractivity contribution in [1.82, 2.24) is 9.97 Å². The molecule has 0 radical (unpaired) electrons. The van der Waals surface area contributed by atoms with Crippen molar-refractivity contribution < 1.29 is 21.6 Å². The predicted octanol–water partition coefficient (Wildman–Crippen LogP) is 2.03. The van der Waals surface area contributed by atoms with Crippen molar-refractivity contribution >= 4 is 31.5 Å². The molecule has 0 N–H and O–H groups in total. The van der Waals surface area contributed by atoms with Gasteiger partial charge in [-0.1, -0.05) is 0 Å². The lowest BCUT2D eigenvalue weighted by molar-refractivity contribution is -0.106. The zero-order valence-electron chi connectivity index (χ0n) is 8.10. The fourth-order valence-corrected chi connectivity index (χ4v) is 3.55. The Morgan fingerprint density at radius 3 is 2.65 bits per heavy atom. The van der Waals surface area contributed by atoms with Crippen LogP contribution in [0.25, 0.3) is 10.3 Å². The standard InChI is InChI=1S/C8H5F3N2O2S2/c9-8(10,11)4-17(14,15)7-13-6-5(16-7)2-1-3-12-6/h1-3H,4H2. The summed E-state index contributed by atoms with van der Waals surface area (Å²) in [5, 5.41) is 0. The molecule has 9 heteroatoms. The molecule has 0 aliphatic heterocycles. The van der Waals surface area contributed by atoms with Crippen molar-refractivity contribution in [2.24, 2.45) is 0 Å². The van der Waals surface area contributed by atoms with Crippen LogP contribution in [0.2, 0.25) is 0 Å². The number of hydrogen-bond acceptors (Lipinski definition) is 5. The number of alkyl halides is 3. The highest BCUT2D eigenvalue weighted by molar-refractivity contribution is 7.93. The summed E-state index contributed by atoms with van der Waals surface area (Å²) in [5.74, 6) is -1.90. The second kappa shape index (κ2) is 3.91. The molecule has 0 atom stereocenters. The quantitative estimate of drug-likeness (QED) is 0.845. The average molecular weight is 282 g/mol. The molecule has 0 aliphatic rings. The van der Waals surface area contributed by atoms with Crippen LogP contribution in [0.15, 0.2) is 22.7 Å². The molecular weight excluding hydrogens is 277 g/mol. The Morgan fingerprint density at radius 2 is 2.06 bits per heavy atom. The summed E-state index contributed by atoms with van der Waals surface area (Å²) < 4.78 is 58.9. The van der Waals surface area contributed by atoms with Crippen molar-refractivity contribution in [1.29, 1.82) is 0 Å². The third-order valence-corrected chi connectivity index (χ3v) is 4.91. The van der Waals surface area contributed by atoms with Crippen LogP contribution in [0.1, 0.15) is 0 Å². The summed E-state index contributed by atoms with van der Waals surface area (Å²) in [6, 6.07) is 3.10. The second-order valence-corrected chi connectivity index (χ2v) is 6.37. The minimum Gasteiger partial charge on any atom is -0.236 e. The van der Waals surface area contributed by atoms with E-state index in [9.17, 15) is 21.6 Å². The van der Waals surface area contributed by atoms with Gasteiger partial charge in [-0.05, 0) is 12.1 Å². The Bertz CT molecular complexity index is 615. The van der Waals surface area contributed by atoms with Crippen molar-refractivity contribution in [3.8, 4) is 0 Å². The number of halogens is 3. The fraction of sp³-hybridized carbons (Fsp3) is 0.250. The second-order valence-electron chi connectivity index (χ2n) is 3.18. The van der Waals surface area contributed by atoms with Gasteiger partial charge < -0.3 is 0 Å². The van der Waals surface area contributed by atoms with E-state index < -0.39 is 26.1 Å². The smallest absolute Gasteiger partial charge is 0.236 e. The van der Waals surface area contributed by atoms with E-state index in [0.29, 0.717) is 16.0 Å². The van der Waals surface area contributed by atoms with Crippen molar-refractivity contribution in [2.45, 2.75) is 10.5 Å². The minimum atomic E-state index is -4.77. The fourth-order valence-electron chi connectivity index (χ4n) is 1.16. The van der Waals surface area contributed by atoms with Crippen LogP contribution in [0, 0.1) is 0 Å². The molecule has 2 heterocycles. The van der Waals surface area contributed by atoms with Gasteiger partial charge in [-0.2, -0.15) is 13.2 Å². The number of rotatable bonds is 2. The number of nitrogens with zero attached hydrogens (tertiary/aromatic N) is 2. The van der Waals surface area contributed by atoms with Gasteiger partial charge in [0.15, 0.2) is 11.4 Å². The summed E-state index contributed by atoms with van der Waals surface area (Å²) in [5.41, 5.74) is 0.137. The van der Waals surface area contributed by atoms with Gasteiger partial charge in [0.05, 0.1) is 4.70 Å². The number of thiazole rings is 1. The van der Waals surface area contributed by atoms with E-state index in [0.717, 1.165) is 0 Å². The molecule has 0 unspecified atom stereocenters. The van der Waals surface area contributed by atoms with E-state index in [4.69, 9.17) is 0 Å². The molecule has 2 aromatic heterocycles. The normalized spacial score (nSPS) is 13.1. The predicted molar refractivity (Wildman–Crippen MR) is 55.5 cm³/mol. The SMILES string of the molecule is O=S(=O)(CC(F)(F)F)c1nc2ncccc2s1. The van der Waals surface area contributed by atoms with Crippen LogP contribution in [-0.4, -0.2) is 30.3 Å². The van der Waals surface area contributed by atoms with E-state index in [2.05, 4.69) is 9.97 Å². The topological polar surface area (TPSA) is 59.9 Å². The maximum Gasteiger partial charge on any atom is 0.403 e. The zero-order chi connectivity index (χ0) is 12.7. The molecule has 2 aromatic rings. The molecule has 0 bridgehead atoms. The van der Waals surface area contributed by atoms with E-state index in [-0.39, 0.29) is 5.65 Å². The van der Waals surface area contributed by atoms with Gasteiger partial charge >= 0.3 is 6.18 Å². The number of aromatic nitrogens is 2. The maximum atomic E-state index is 12.1. The molecule has 0 fully saturated rings. The number of sulfone groups is 1. The first-order valence-electron chi connectivity index (χ1n) is 4.29. The molecule has 4 nitrogen and oxygen atoms in total. The summed E-state index contributed by atoms with van der Waals surface area (Å²) >= 11 is 0.683. The van der Waals surface area contributed by atoms with Gasteiger partial charge in [0.2, 0.25) is 14.2 Å². The Hall–Kier alpha value is -1.22. The van der Waals surface area contributed by atoms with Crippen LogP contribution >= 0.6 is 11.3 Å². The molecule has 2 rings (SSSR count). The molecule has 0 aromatic carbocycles. The minimum absolute atomic E-state index is 0.137.